The summed E-state index contributed by atoms with van der Waals surface area (Å²) in [7, 11) is 0. The molecule has 0 atom stereocenters. The van der Waals surface area contributed by atoms with Gasteiger partial charge in [-0.25, -0.2) is 19.9 Å². The first kappa shape index (κ1) is 65.2. The van der Waals surface area contributed by atoms with Crippen LogP contribution in [0.2, 0.25) is 0 Å². The van der Waals surface area contributed by atoms with Gasteiger partial charge in [0.15, 0.2) is 5.82 Å². The molecule has 0 radical (unpaired) electrons. The highest BCUT2D eigenvalue weighted by Gasteiger charge is 2.28. The number of hydrogen-bond donors (Lipinski definition) is 0. The summed E-state index contributed by atoms with van der Waals surface area (Å²) >= 11 is 3.62. The van der Waals surface area contributed by atoms with Crippen molar-refractivity contribution in [1.29, 1.82) is 0 Å². The van der Waals surface area contributed by atoms with E-state index in [-0.39, 0.29) is 0 Å². The van der Waals surface area contributed by atoms with Crippen LogP contribution in [-0.4, -0.2) is 38.2 Å². The number of pyridine rings is 2. The Morgan fingerprint density at radius 1 is 0.212 bits per heavy atom. The Kier molecular flexibility index (Phi) is 13.9. The van der Waals surface area contributed by atoms with E-state index in [0.29, 0.717) is 5.82 Å². The second kappa shape index (κ2) is 25.1. The molecular weight excluding hydrogens is 1470 g/mol. The van der Waals surface area contributed by atoms with Crippen LogP contribution >= 0.6 is 22.7 Å². The molecular formula is C108H62N8S2. The maximum Gasteiger partial charge on any atom is 0.160 e. The fourth-order valence-electron chi connectivity index (χ4n) is 19.6. The van der Waals surface area contributed by atoms with E-state index in [1.165, 1.54) is 41.7 Å². The lowest BCUT2D eigenvalue weighted by molar-refractivity contribution is 1.13. The Hall–Kier alpha value is -15.2. The highest BCUT2D eigenvalue weighted by atomic mass is 32.1. The standard InChI is InChI=1S/C108H62N8S2/c1-2-27-64(28-3-1)108-110-87(62-88(111-108)102-100-73-30-6-4-26-63(73)50-52-86(100)109-104-82-39-15-24-48-97(82)118-107(102)104)67-54-69(113-89-41-17-8-32-75(89)76-33-9-18-42-90(76)113)60-70(55-67)116-95-47-23-14-38-81(95)85-59-66(51-53-96(85)116)84-58-65-29-5-7-31-74(65)101-99(106-105(112-103(84)101)83-40-16-25-49-98(83)117-106)68-56-71(114-91-43-19-10-34-77(91)78-35-11-20-44-92(78)114)61-72(57-68)115-93-45-21-12-36-79(93)80-37-13-22-46-94(80)115/h1-62H. The quantitative estimate of drug-likeness (QED) is 0.135. The minimum absolute atomic E-state index is 0.633. The number of thiophene rings is 2. The molecule has 118 heavy (non-hydrogen) atoms. The van der Waals surface area contributed by atoms with Gasteiger partial charge in [0.05, 0.1) is 87.0 Å². The van der Waals surface area contributed by atoms with E-state index in [1.54, 1.807) is 11.3 Å². The summed E-state index contributed by atoms with van der Waals surface area (Å²) in [6, 6.07) is 138. The fraction of sp³-hybridized carbons (Fsp3) is 0. The molecule has 0 N–H and O–H groups in total. The Morgan fingerprint density at radius 2 is 0.602 bits per heavy atom. The van der Waals surface area contributed by atoms with E-state index in [2.05, 4.69) is 394 Å². The van der Waals surface area contributed by atoms with Crippen LogP contribution < -0.4 is 0 Å². The van der Waals surface area contributed by atoms with Gasteiger partial charge >= 0.3 is 0 Å². The zero-order valence-electron chi connectivity index (χ0n) is 63.2. The van der Waals surface area contributed by atoms with Gasteiger partial charge in [-0.1, -0.05) is 255 Å². The van der Waals surface area contributed by atoms with Crippen LogP contribution in [0, 0.1) is 0 Å². The molecule has 0 saturated carbocycles. The highest BCUT2D eigenvalue weighted by Crippen LogP contribution is 2.52. The van der Waals surface area contributed by atoms with Crippen molar-refractivity contribution in [2.24, 2.45) is 0 Å². The molecule has 0 aliphatic rings. The van der Waals surface area contributed by atoms with E-state index in [4.69, 9.17) is 19.9 Å². The highest BCUT2D eigenvalue weighted by molar-refractivity contribution is 7.26. The molecule has 9 aromatic heterocycles. The van der Waals surface area contributed by atoms with E-state index in [1.807, 2.05) is 11.3 Å². The summed E-state index contributed by atoms with van der Waals surface area (Å²) in [6.45, 7) is 0. The monoisotopic (exact) mass is 1530 g/mol. The molecule has 9 heterocycles. The number of benzene rings is 17. The predicted octanol–water partition coefficient (Wildman–Crippen LogP) is 29.3. The van der Waals surface area contributed by atoms with Crippen molar-refractivity contribution >= 4 is 194 Å². The molecule has 8 nitrogen and oxygen atoms in total. The number of rotatable bonds is 9. The van der Waals surface area contributed by atoms with E-state index >= 15 is 0 Å². The van der Waals surface area contributed by atoms with Gasteiger partial charge in [-0.15, -0.1) is 22.7 Å². The average Bonchev–Trinajstić information content (AvgIpc) is 1.47. The smallest absolute Gasteiger partial charge is 0.160 e. The summed E-state index contributed by atoms with van der Waals surface area (Å²) in [4.78, 5) is 23.1. The molecule has 0 fully saturated rings. The van der Waals surface area contributed by atoms with Crippen LogP contribution in [0.5, 0.6) is 0 Å². The lowest BCUT2D eigenvalue weighted by Gasteiger charge is -2.19. The van der Waals surface area contributed by atoms with E-state index < -0.39 is 0 Å². The van der Waals surface area contributed by atoms with Crippen molar-refractivity contribution in [2.45, 2.75) is 0 Å². The van der Waals surface area contributed by atoms with Crippen LogP contribution in [0.15, 0.2) is 376 Å². The lowest BCUT2D eigenvalue weighted by atomic mass is 9.90. The topological polar surface area (TPSA) is 71.3 Å². The Balaban J connectivity index is 0.733. The number of nitrogens with zero attached hydrogens (tertiary/aromatic N) is 8. The normalized spacial score (nSPS) is 12.2. The third kappa shape index (κ3) is 9.58. The lowest BCUT2D eigenvalue weighted by Crippen LogP contribution is -2.02. The molecule has 17 aromatic carbocycles. The van der Waals surface area contributed by atoms with Gasteiger partial charge in [0, 0.05) is 125 Å². The van der Waals surface area contributed by atoms with Gasteiger partial charge in [0.1, 0.15) is 0 Å². The third-order valence-corrected chi connectivity index (χ3v) is 27.0. The van der Waals surface area contributed by atoms with Crippen LogP contribution in [0.4, 0.5) is 0 Å². The first-order chi connectivity index (χ1) is 58.5. The number of aromatic nitrogens is 8. The number of hydrogen-bond acceptors (Lipinski definition) is 6. The molecule has 0 unspecified atom stereocenters. The van der Waals surface area contributed by atoms with Gasteiger partial charge in [0.2, 0.25) is 0 Å². The van der Waals surface area contributed by atoms with Crippen LogP contribution in [0.25, 0.3) is 250 Å². The Morgan fingerprint density at radius 3 is 1.11 bits per heavy atom. The fourth-order valence-corrected chi connectivity index (χ4v) is 22.0. The van der Waals surface area contributed by atoms with Crippen molar-refractivity contribution in [2.75, 3.05) is 0 Å². The average molecular weight is 1540 g/mol. The first-order valence-corrected chi connectivity index (χ1v) is 41.7. The van der Waals surface area contributed by atoms with Crippen molar-refractivity contribution < 1.29 is 0 Å². The van der Waals surface area contributed by atoms with Crippen molar-refractivity contribution in [3.8, 4) is 78.9 Å². The zero-order chi connectivity index (χ0) is 77.0. The molecule has 0 amide bonds. The molecule has 26 rings (SSSR count). The largest absolute Gasteiger partial charge is 0.309 e. The minimum atomic E-state index is 0.633. The number of para-hydroxylation sites is 7. The number of fused-ring (bicyclic) bond motifs is 24. The molecule has 0 aliphatic heterocycles. The minimum Gasteiger partial charge on any atom is -0.309 e. The Labute approximate surface area is 682 Å². The summed E-state index contributed by atoms with van der Waals surface area (Å²) in [5, 5.41) is 18.4. The van der Waals surface area contributed by atoms with Gasteiger partial charge < -0.3 is 18.3 Å². The van der Waals surface area contributed by atoms with Crippen LogP contribution in [0.1, 0.15) is 0 Å². The van der Waals surface area contributed by atoms with Gasteiger partial charge in [-0.05, 0) is 154 Å². The van der Waals surface area contributed by atoms with Crippen molar-refractivity contribution in [3.05, 3.63) is 376 Å². The SMILES string of the molecule is c1ccc(-c2nc(-c3cc(-n4c5ccccc5c5ccccc54)cc(-n4c5ccccc5c5cc(-c6cc7ccccc7c7c(-c8cc(-n9c%10ccccc%10c%10ccccc%109)cc(-n9c%10ccccc%10c%10ccccc%109)c8)c8sc9ccccc9c8nc67)ccc54)c3)cc(-c3c4sc5ccccc5c4nc4ccc5ccccc5c34)n2)cc1. The molecule has 0 saturated heterocycles. The zero-order valence-corrected chi connectivity index (χ0v) is 64.8. The van der Waals surface area contributed by atoms with Crippen LogP contribution in [-0.2, 0) is 0 Å². The first-order valence-electron chi connectivity index (χ1n) is 40.1. The third-order valence-electron chi connectivity index (χ3n) is 24.6. The maximum absolute atomic E-state index is 6.08. The Bertz CT molecular complexity index is 8560. The molecule has 26 aromatic rings. The molecule has 0 spiro atoms. The van der Waals surface area contributed by atoms with E-state index in [0.717, 1.165) is 203 Å². The van der Waals surface area contributed by atoms with E-state index in [9.17, 15) is 0 Å². The van der Waals surface area contributed by atoms with Gasteiger partial charge in [-0.2, -0.15) is 0 Å². The molecule has 546 valence electrons. The second-order valence-electron chi connectivity index (χ2n) is 31.1. The summed E-state index contributed by atoms with van der Waals surface area (Å²) in [5.41, 5.74) is 25.8. The maximum atomic E-state index is 6.08. The summed E-state index contributed by atoms with van der Waals surface area (Å²) < 4.78 is 14.5. The molecule has 0 bridgehead atoms. The van der Waals surface area contributed by atoms with Crippen LogP contribution in [0.3, 0.4) is 0 Å². The van der Waals surface area contributed by atoms with Crippen molar-refractivity contribution in [1.82, 2.24) is 38.2 Å². The van der Waals surface area contributed by atoms with Crippen molar-refractivity contribution in [3.63, 3.8) is 0 Å². The van der Waals surface area contributed by atoms with Gasteiger partial charge in [0.25, 0.3) is 0 Å². The molecule has 0 aliphatic carbocycles. The second-order valence-corrected chi connectivity index (χ2v) is 33.2. The summed E-state index contributed by atoms with van der Waals surface area (Å²) in [5.74, 6) is 0.633. The van der Waals surface area contributed by atoms with Gasteiger partial charge in [-0.3, -0.25) is 0 Å². The molecule has 10 heteroatoms. The predicted molar refractivity (Wildman–Crippen MR) is 498 cm³/mol. The summed E-state index contributed by atoms with van der Waals surface area (Å²) in [6.07, 6.45) is 0.